The molecule has 0 bridgehead atoms. The number of nitrogens with zero attached hydrogens (tertiary/aromatic N) is 2. The molecule has 1 aromatic heterocycles. The monoisotopic (exact) mass is 401 g/mol. The summed E-state index contributed by atoms with van der Waals surface area (Å²) >= 11 is 1.77. The normalized spacial score (nSPS) is 11.3. The van der Waals surface area contributed by atoms with Crippen molar-refractivity contribution < 1.29 is 4.79 Å². The Bertz CT molecular complexity index is 772. The van der Waals surface area contributed by atoms with E-state index in [1.54, 1.807) is 11.3 Å². The van der Waals surface area contributed by atoms with Gasteiger partial charge in [0.2, 0.25) is 0 Å². The molecule has 0 atom stereocenters. The molecule has 28 heavy (non-hydrogen) atoms. The zero-order valence-electron chi connectivity index (χ0n) is 17.0. The Labute approximate surface area is 171 Å². The molecule has 6 nitrogen and oxygen atoms in total. The third-order valence-electron chi connectivity index (χ3n) is 4.07. The molecule has 0 radical (unpaired) electrons. The van der Waals surface area contributed by atoms with Crippen molar-refractivity contribution in [2.24, 2.45) is 4.99 Å². The van der Waals surface area contributed by atoms with Crippen molar-refractivity contribution in [3.05, 3.63) is 51.5 Å². The zero-order chi connectivity index (χ0) is 20.2. The first-order valence-electron chi connectivity index (χ1n) is 9.99. The lowest BCUT2D eigenvalue weighted by Crippen LogP contribution is -2.38. The fourth-order valence-electron chi connectivity index (χ4n) is 2.58. The van der Waals surface area contributed by atoms with E-state index in [-0.39, 0.29) is 5.91 Å². The number of nitrogens with one attached hydrogen (secondary N) is 3. The first-order chi connectivity index (χ1) is 13.7. The number of hydrogen-bond acceptors (Lipinski definition) is 4. The van der Waals surface area contributed by atoms with E-state index in [1.807, 2.05) is 44.3 Å². The number of rotatable bonds is 10. The molecule has 1 heterocycles. The van der Waals surface area contributed by atoms with Crippen molar-refractivity contribution >= 4 is 23.2 Å². The van der Waals surface area contributed by atoms with E-state index in [9.17, 15) is 4.79 Å². The number of carbonyl (C=O) groups excluding carboxylic acids is 1. The van der Waals surface area contributed by atoms with Gasteiger partial charge in [-0.2, -0.15) is 0 Å². The second-order valence-corrected chi connectivity index (χ2v) is 7.60. The fraction of sp³-hybridized carbons (Fsp3) is 0.476. The van der Waals surface area contributed by atoms with E-state index in [2.05, 4.69) is 32.9 Å². The summed E-state index contributed by atoms with van der Waals surface area (Å²) in [5.74, 6) is 0.739. The van der Waals surface area contributed by atoms with Crippen LogP contribution < -0.4 is 16.0 Å². The van der Waals surface area contributed by atoms with Crippen molar-refractivity contribution in [2.75, 3.05) is 19.6 Å². The molecule has 2 aromatic rings. The smallest absolute Gasteiger partial charge is 0.251 e. The van der Waals surface area contributed by atoms with Gasteiger partial charge < -0.3 is 16.0 Å². The molecule has 152 valence electrons. The van der Waals surface area contributed by atoms with Gasteiger partial charge in [0.25, 0.3) is 5.91 Å². The van der Waals surface area contributed by atoms with Crippen molar-refractivity contribution in [3.8, 4) is 0 Å². The van der Waals surface area contributed by atoms with Gasteiger partial charge in [0.1, 0.15) is 0 Å². The molecule has 0 unspecified atom stereocenters. The minimum Gasteiger partial charge on any atom is -0.357 e. The van der Waals surface area contributed by atoms with Crippen molar-refractivity contribution in [2.45, 2.75) is 46.6 Å². The van der Waals surface area contributed by atoms with E-state index in [0.717, 1.165) is 48.9 Å². The zero-order valence-corrected chi connectivity index (χ0v) is 17.9. The average Bonchev–Trinajstić information content (AvgIpc) is 3.18. The van der Waals surface area contributed by atoms with Crippen LogP contribution >= 0.6 is 11.3 Å². The third-order valence-corrected chi connectivity index (χ3v) is 5.27. The van der Waals surface area contributed by atoms with Gasteiger partial charge in [-0.1, -0.05) is 26.0 Å². The Balaban J connectivity index is 1.91. The summed E-state index contributed by atoms with van der Waals surface area (Å²) in [6, 6.07) is 7.63. The van der Waals surface area contributed by atoms with Crippen LogP contribution in [0.5, 0.6) is 0 Å². The number of guanidine groups is 1. The minimum atomic E-state index is -0.0346. The maximum absolute atomic E-state index is 12.1. The topological polar surface area (TPSA) is 78.4 Å². The van der Waals surface area contributed by atoms with Gasteiger partial charge in [-0.15, -0.1) is 11.3 Å². The lowest BCUT2D eigenvalue weighted by molar-refractivity contribution is 0.0953. The van der Waals surface area contributed by atoms with Crippen LogP contribution in [0.4, 0.5) is 0 Å². The number of hydrogen-bond donors (Lipinski definition) is 3. The highest BCUT2D eigenvalue weighted by atomic mass is 32.1. The second kappa shape index (κ2) is 12.1. The van der Waals surface area contributed by atoms with Crippen molar-refractivity contribution in [1.29, 1.82) is 0 Å². The molecule has 0 saturated carbocycles. The quantitative estimate of drug-likeness (QED) is 0.422. The molecule has 0 aliphatic heterocycles. The molecule has 0 fully saturated rings. The highest BCUT2D eigenvalue weighted by molar-refractivity contribution is 7.11. The molecular weight excluding hydrogens is 370 g/mol. The number of thiazole rings is 1. The fourth-order valence-corrected chi connectivity index (χ4v) is 3.44. The van der Waals surface area contributed by atoms with Crippen LogP contribution in [-0.2, 0) is 19.4 Å². The van der Waals surface area contributed by atoms with E-state index in [0.29, 0.717) is 18.7 Å². The SMILES string of the molecule is CCCNC(=O)c1cccc(CN=C(NCC)NCCc2ncc(CC)s2)c1. The number of amides is 1. The largest absolute Gasteiger partial charge is 0.357 e. The Morgan fingerprint density at radius 3 is 2.71 bits per heavy atom. The average molecular weight is 402 g/mol. The summed E-state index contributed by atoms with van der Waals surface area (Å²) < 4.78 is 0. The van der Waals surface area contributed by atoms with Gasteiger partial charge in [0.05, 0.1) is 11.6 Å². The summed E-state index contributed by atoms with van der Waals surface area (Å²) in [5.41, 5.74) is 1.68. The number of aromatic nitrogens is 1. The van der Waals surface area contributed by atoms with E-state index < -0.39 is 0 Å². The molecular formula is C21H31N5OS. The maximum Gasteiger partial charge on any atom is 0.251 e. The minimum absolute atomic E-state index is 0.0346. The van der Waals surface area contributed by atoms with Gasteiger partial charge in [0.15, 0.2) is 5.96 Å². The first kappa shape index (κ1) is 21.9. The Kier molecular flexibility index (Phi) is 9.48. The van der Waals surface area contributed by atoms with Gasteiger partial charge in [-0.25, -0.2) is 9.98 Å². The molecule has 1 amide bonds. The summed E-state index contributed by atoms with van der Waals surface area (Å²) in [5, 5.41) is 10.7. The predicted octanol–water partition coefficient (Wildman–Crippen LogP) is 3.14. The Morgan fingerprint density at radius 1 is 1.14 bits per heavy atom. The molecule has 1 aromatic carbocycles. The molecule has 0 aliphatic rings. The van der Waals surface area contributed by atoms with E-state index >= 15 is 0 Å². The molecule has 2 rings (SSSR count). The lowest BCUT2D eigenvalue weighted by atomic mass is 10.1. The van der Waals surface area contributed by atoms with Crippen LogP contribution in [0, 0.1) is 0 Å². The summed E-state index contributed by atoms with van der Waals surface area (Å²) in [7, 11) is 0. The molecule has 3 N–H and O–H groups in total. The summed E-state index contributed by atoms with van der Waals surface area (Å²) in [6.07, 6.45) is 4.80. The molecule has 0 saturated heterocycles. The number of benzene rings is 1. The van der Waals surface area contributed by atoms with Crippen molar-refractivity contribution in [1.82, 2.24) is 20.9 Å². The molecule has 7 heteroatoms. The van der Waals surface area contributed by atoms with Crippen LogP contribution in [0.15, 0.2) is 35.5 Å². The highest BCUT2D eigenvalue weighted by Crippen LogP contribution is 2.13. The van der Waals surface area contributed by atoms with E-state index in [4.69, 9.17) is 0 Å². The van der Waals surface area contributed by atoms with Gasteiger partial charge in [-0.05, 0) is 37.5 Å². The van der Waals surface area contributed by atoms with Crippen LogP contribution in [0.2, 0.25) is 0 Å². The Morgan fingerprint density at radius 2 is 2.00 bits per heavy atom. The number of aliphatic imine (C=N–C) groups is 1. The van der Waals surface area contributed by atoms with Crippen LogP contribution in [0.25, 0.3) is 0 Å². The van der Waals surface area contributed by atoms with Crippen LogP contribution in [0.3, 0.4) is 0 Å². The molecule has 0 aliphatic carbocycles. The summed E-state index contributed by atoms with van der Waals surface area (Å²) in [4.78, 5) is 22.5. The third kappa shape index (κ3) is 7.31. The Hall–Kier alpha value is -2.41. The van der Waals surface area contributed by atoms with Crippen LogP contribution in [-0.4, -0.2) is 36.5 Å². The first-order valence-corrected chi connectivity index (χ1v) is 10.8. The highest BCUT2D eigenvalue weighted by Gasteiger charge is 2.06. The number of aryl methyl sites for hydroxylation is 1. The van der Waals surface area contributed by atoms with Crippen LogP contribution in [0.1, 0.15) is 53.0 Å². The van der Waals surface area contributed by atoms with E-state index in [1.165, 1.54) is 4.88 Å². The second-order valence-electron chi connectivity index (χ2n) is 6.40. The van der Waals surface area contributed by atoms with Gasteiger partial charge in [0, 0.05) is 42.7 Å². The number of carbonyl (C=O) groups is 1. The predicted molar refractivity (Wildman–Crippen MR) is 117 cm³/mol. The van der Waals surface area contributed by atoms with Crippen molar-refractivity contribution in [3.63, 3.8) is 0 Å². The molecule has 0 spiro atoms. The standard InChI is InChI=1S/C21H31N5OS/c1-4-11-23-20(27)17-9-7-8-16(13-17)14-26-21(22-6-3)24-12-10-19-25-15-18(5-2)28-19/h7-9,13,15H,4-6,10-12,14H2,1-3H3,(H,23,27)(H2,22,24,26). The van der Waals surface area contributed by atoms with Gasteiger partial charge >= 0.3 is 0 Å². The lowest BCUT2D eigenvalue weighted by Gasteiger charge is -2.11. The summed E-state index contributed by atoms with van der Waals surface area (Å²) in [6.45, 7) is 9.01. The van der Waals surface area contributed by atoms with Gasteiger partial charge in [-0.3, -0.25) is 4.79 Å². The maximum atomic E-state index is 12.1.